The first-order valence-electron chi connectivity index (χ1n) is 12.6. The number of aromatic nitrogens is 3. The number of nitrogens with two attached hydrogens (primary N) is 1. The van der Waals surface area contributed by atoms with Crippen LogP contribution >= 0.6 is 0 Å². The smallest absolute Gasteiger partial charge is 0.237 e. The molecule has 13 heteroatoms. The lowest BCUT2D eigenvalue weighted by Crippen LogP contribution is -2.33. The highest BCUT2D eigenvalue weighted by atomic mass is 32.2. The SMILES string of the molecule is Cc1cc(-c2cc(F)c(NS(=O)(=O)Cc3ccc(F)cc3)c(F)c2F)nc2cnc(N[C@H]3CC[C@H](N)CC3)nc12. The Balaban J connectivity index is 1.41. The number of sulfonamides is 1. The number of benzene rings is 2. The van der Waals surface area contributed by atoms with Crippen LogP contribution in [0, 0.1) is 30.2 Å². The maximum Gasteiger partial charge on any atom is 0.237 e. The minimum absolute atomic E-state index is 0.0772. The molecule has 1 saturated carbocycles. The molecule has 1 aliphatic rings. The number of hydrogen-bond acceptors (Lipinski definition) is 7. The fraction of sp³-hybridized carbons (Fsp3) is 0.296. The molecule has 4 N–H and O–H groups in total. The van der Waals surface area contributed by atoms with E-state index in [2.05, 4.69) is 20.3 Å². The van der Waals surface area contributed by atoms with E-state index in [9.17, 15) is 21.6 Å². The van der Waals surface area contributed by atoms with Crippen molar-refractivity contribution in [3.8, 4) is 11.3 Å². The Labute approximate surface area is 228 Å². The zero-order valence-electron chi connectivity index (χ0n) is 21.4. The lowest BCUT2D eigenvalue weighted by Gasteiger charge is -2.26. The van der Waals surface area contributed by atoms with Gasteiger partial charge < -0.3 is 11.1 Å². The molecule has 1 fully saturated rings. The van der Waals surface area contributed by atoms with Crippen molar-refractivity contribution in [2.75, 3.05) is 10.0 Å². The van der Waals surface area contributed by atoms with Crippen molar-refractivity contribution in [3.63, 3.8) is 0 Å². The van der Waals surface area contributed by atoms with Crippen molar-refractivity contribution in [1.29, 1.82) is 0 Å². The average Bonchev–Trinajstić information content (AvgIpc) is 2.91. The Kier molecular flexibility index (Phi) is 7.60. The van der Waals surface area contributed by atoms with Gasteiger partial charge in [0.2, 0.25) is 16.0 Å². The van der Waals surface area contributed by atoms with Gasteiger partial charge in [-0.25, -0.2) is 40.9 Å². The average molecular weight is 575 g/mol. The zero-order chi connectivity index (χ0) is 28.6. The van der Waals surface area contributed by atoms with Gasteiger partial charge in [0, 0.05) is 17.6 Å². The van der Waals surface area contributed by atoms with E-state index in [1.165, 1.54) is 24.4 Å². The number of nitrogens with zero attached hydrogens (tertiary/aromatic N) is 3. The summed E-state index contributed by atoms with van der Waals surface area (Å²) in [5.41, 5.74) is 5.74. The normalized spacial score (nSPS) is 17.6. The molecule has 4 aromatic rings. The van der Waals surface area contributed by atoms with Crippen LogP contribution in [0.15, 0.2) is 42.6 Å². The van der Waals surface area contributed by atoms with Crippen molar-refractivity contribution < 1.29 is 26.0 Å². The third kappa shape index (κ3) is 5.99. The van der Waals surface area contributed by atoms with Gasteiger partial charge in [0.05, 0.1) is 23.2 Å². The van der Waals surface area contributed by atoms with Gasteiger partial charge in [0.1, 0.15) is 17.0 Å². The molecule has 0 amide bonds. The van der Waals surface area contributed by atoms with E-state index in [0.29, 0.717) is 23.1 Å². The molecule has 0 unspecified atom stereocenters. The van der Waals surface area contributed by atoms with Gasteiger partial charge in [0.25, 0.3) is 0 Å². The maximum atomic E-state index is 15.1. The van der Waals surface area contributed by atoms with Crippen molar-refractivity contribution in [2.24, 2.45) is 5.73 Å². The Morgan fingerprint density at radius 3 is 2.38 bits per heavy atom. The highest BCUT2D eigenvalue weighted by Gasteiger charge is 2.25. The Hall–Kier alpha value is -3.84. The van der Waals surface area contributed by atoms with Crippen LogP contribution in [0.25, 0.3) is 22.3 Å². The molecule has 0 saturated heterocycles. The van der Waals surface area contributed by atoms with E-state index in [1.807, 2.05) is 0 Å². The molecule has 0 atom stereocenters. The Morgan fingerprint density at radius 2 is 1.68 bits per heavy atom. The Bertz CT molecular complexity index is 1680. The topological polar surface area (TPSA) is 123 Å². The molecule has 8 nitrogen and oxygen atoms in total. The predicted octanol–water partition coefficient (Wildman–Crippen LogP) is 5.18. The van der Waals surface area contributed by atoms with E-state index >= 15 is 4.39 Å². The molecular weight excluding hydrogens is 548 g/mol. The van der Waals surface area contributed by atoms with Gasteiger partial charge in [-0.1, -0.05) is 12.1 Å². The summed E-state index contributed by atoms with van der Waals surface area (Å²) in [6.07, 6.45) is 5.05. The summed E-state index contributed by atoms with van der Waals surface area (Å²) >= 11 is 0. The molecule has 2 aromatic carbocycles. The number of rotatable bonds is 7. The van der Waals surface area contributed by atoms with Gasteiger partial charge in [-0.2, -0.15) is 0 Å². The first kappa shape index (κ1) is 27.7. The highest BCUT2D eigenvalue weighted by Crippen LogP contribution is 2.33. The molecule has 1 aliphatic carbocycles. The number of halogens is 4. The number of nitrogens with one attached hydrogen (secondary N) is 2. The van der Waals surface area contributed by atoms with Crippen molar-refractivity contribution in [1.82, 2.24) is 15.0 Å². The summed E-state index contributed by atoms with van der Waals surface area (Å²) in [6, 6.07) is 7.03. The summed E-state index contributed by atoms with van der Waals surface area (Å²) in [4.78, 5) is 13.1. The lowest BCUT2D eigenvalue weighted by molar-refractivity contribution is 0.410. The van der Waals surface area contributed by atoms with Gasteiger partial charge in [-0.3, -0.25) is 4.72 Å². The third-order valence-electron chi connectivity index (χ3n) is 6.80. The molecule has 2 heterocycles. The van der Waals surface area contributed by atoms with E-state index in [1.54, 1.807) is 11.6 Å². The van der Waals surface area contributed by atoms with Crippen LogP contribution in [0.2, 0.25) is 0 Å². The quantitative estimate of drug-likeness (QED) is 0.205. The fourth-order valence-electron chi connectivity index (χ4n) is 4.70. The second-order valence-electron chi connectivity index (χ2n) is 9.90. The van der Waals surface area contributed by atoms with E-state index < -0.39 is 50.3 Å². The van der Waals surface area contributed by atoms with Crippen LogP contribution in [0.3, 0.4) is 0 Å². The number of fused-ring (bicyclic) bond motifs is 1. The summed E-state index contributed by atoms with van der Waals surface area (Å²) in [5.74, 6) is -5.41. The third-order valence-corrected chi connectivity index (χ3v) is 8.03. The molecule has 5 rings (SSSR count). The maximum absolute atomic E-state index is 15.1. The summed E-state index contributed by atoms with van der Waals surface area (Å²) in [5, 5.41) is 3.30. The number of pyridine rings is 1. The molecule has 0 aliphatic heterocycles. The zero-order valence-corrected chi connectivity index (χ0v) is 22.2. The van der Waals surface area contributed by atoms with E-state index in [4.69, 9.17) is 5.73 Å². The lowest BCUT2D eigenvalue weighted by atomic mass is 9.92. The van der Waals surface area contributed by atoms with Gasteiger partial charge >= 0.3 is 0 Å². The van der Waals surface area contributed by atoms with Gasteiger partial charge in [-0.15, -0.1) is 0 Å². The molecule has 2 aromatic heterocycles. The first-order chi connectivity index (χ1) is 19.0. The molecule has 0 bridgehead atoms. The minimum Gasteiger partial charge on any atom is -0.351 e. The van der Waals surface area contributed by atoms with Crippen molar-refractivity contribution in [3.05, 3.63) is 77.0 Å². The highest BCUT2D eigenvalue weighted by molar-refractivity contribution is 7.91. The predicted molar refractivity (Wildman–Crippen MR) is 144 cm³/mol. The minimum atomic E-state index is -4.36. The van der Waals surface area contributed by atoms with E-state index in [0.717, 1.165) is 37.8 Å². The van der Waals surface area contributed by atoms with Crippen LogP contribution in [0.1, 0.15) is 36.8 Å². The second kappa shape index (κ2) is 11.0. The summed E-state index contributed by atoms with van der Waals surface area (Å²) in [7, 11) is -4.36. The van der Waals surface area contributed by atoms with E-state index in [-0.39, 0.29) is 28.9 Å². The van der Waals surface area contributed by atoms with Crippen LogP contribution in [-0.4, -0.2) is 35.5 Å². The summed E-state index contributed by atoms with van der Waals surface area (Å²) in [6.45, 7) is 1.70. The largest absolute Gasteiger partial charge is 0.351 e. The van der Waals surface area contributed by atoms with Crippen LogP contribution in [0.4, 0.5) is 29.2 Å². The van der Waals surface area contributed by atoms with Crippen molar-refractivity contribution >= 4 is 32.7 Å². The van der Waals surface area contributed by atoms with Crippen LogP contribution in [0.5, 0.6) is 0 Å². The number of hydrogen-bond donors (Lipinski definition) is 3. The van der Waals surface area contributed by atoms with Crippen LogP contribution < -0.4 is 15.8 Å². The molecular formula is C27H26F4N6O2S. The molecule has 0 spiro atoms. The fourth-order valence-corrected chi connectivity index (χ4v) is 5.90. The van der Waals surface area contributed by atoms with Crippen LogP contribution in [-0.2, 0) is 15.8 Å². The second-order valence-corrected chi connectivity index (χ2v) is 11.6. The van der Waals surface area contributed by atoms with Gasteiger partial charge in [-0.05, 0) is 68.0 Å². The number of anilines is 2. The van der Waals surface area contributed by atoms with Gasteiger partial charge in [0.15, 0.2) is 17.5 Å². The summed E-state index contributed by atoms with van der Waals surface area (Å²) < 4.78 is 84.9. The molecule has 0 radical (unpaired) electrons. The molecule has 210 valence electrons. The monoisotopic (exact) mass is 574 g/mol. The Morgan fingerprint density at radius 1 is 0.975 bits per heavy atom. The van der Waals surface area contributed by atoms with Crippen molar-refractivity contribution in [2.45, 2.75) is 50.4 Å². The first-order valence-corrected chi connectivity index (χ1v) is 14.2. The molecule has 40 heavy (non-hydrogen) atoms. The standard InChI is InChI=1S/C27H26F4N6O2S/c1-14-10-21(35-22-12-33-27(36-25(14)22)34-18-8-6-17(32)7-9-18)19-11-20(29)26(24(31)23(19)30)37-40(38,39)13-15-2-4-16(28)5-3-15/h2-5,10-12,17-18,37H,6-9,13,32H2,1H3,(H,33,34,36)/t17-,18-. The number of aryl methyl sites for hydroxylation is 1.